The van der Waals surface area contributed by atoms with Crippen molar-refractivity contribution in [3.05, 3.63) is 34.9 Å². The lowest BCUT2D eigenvalue weighted by Gasteiger charge is -2.14. The molecule has 0 aromatic heterocycles. The van der Waals surface area contributed by atoms with Crippen molar-refractivity contribution in [1.29, 1.82) is 0 Å². The highest BCUT2D eigenvalue weighted by atomic mass is 16.3. The summed E-state index contributed by atoms with van der Waals surface area (Å²) in [6.45, 7) is 2.62. The molecule has 1 N–H and O–H groups in total. The Labute approximate surface area is 97.5 Å². The molecule has 1 aromatic carbocycles. The van der Waals surface area contributed by atoms with Gasteiger partial charge in [0.05, 0.1) is 6.61 Å². The standard InChI is InChI=1S/C15H20O/c1-15(5-6-15)9-11-7-12-3-2-4-13(10-16)14(12)8-11/h2-4,11,16H,5-10H2,1H3. The summed E-state index contributed by atoms with van der Waals surface area (Å²) in [4.78, 5) is 0. The molecule has 3 rings (SSSR count). The van der Waals surface area contributed by atoms with Gasteiger partial charge in [0, 0.05) is 0 Å². The van der Waals surface area contributed by atoms with Crippen LogP contribution in [-0.2, 0) is 19.4 Å². The van der Waals surface area contributed by atoms with Gasteiger partial charge in [0.15, 0.2) is 0 Å². The van der Waals surface area contributed by atoms with E-state index in [9.17, 15) is 5.11 Å². The van der Waals surface area contributed by atoms with Crippen molar-refractivity contribution in [3.8, 4) is 0 Å². The van der Waals surface area contributed by atoms with E-state index >= 15 is 0 Å². The third kappa shape index (κ3) is 1.78. The molecule has 1 heteroatoms. The predicted molar refractivity (Wildman–Crippen MR) is 65.2 cm³/mol. The van der Waals surface area contributed by atoms with Gasteiger partial charge in [0.25, 0.3) is 0 Å². The predicted octanol–water partition coefficient (Wildman–Crippen LogP) is 3.08. The van der Waals surface area contributed by atoms with Crippen molar-refractivity contribution in [2.24, 2.45) is 11.3 Å². The molecule has 0 amide bonds. The Morgan fingerprint density at radius 2 is 2.12 bits per heavy atom. The number of aliphatic hydroxyl groups is 1. The molecule has 0 saturated heterocycles. The summed E-state index contributed by atoms with van der Waals surface area (Å²) in [7, 11) is 0. The van der Waals surface area contributed by atoms with E-state index in [1.165, 1.54) is 43.2 Å². The van der Waals surface area contributed by atoms with Crippen LogP contribution in [0.25, 0.3) is 0 Å². The molecule has 86 valence electrons. The Morgan fingerprint density at radius 3 is 2.81 bits per heavy atom. The zero-order valence-electron chi connectivity index (χ0n) is 10.00. The lowest BCUT2D eigenvalue weighted by Crippen LogP contribution is -2.06. The van der Waals surface area contributed by atoms with Crippen LogP contribution in [0.15, 0.2) is 18.2 Å². The summed E-state index contributed by atoms with van der Waals surface area (Å²) < 4.78 is 0. The van der Waals surface area contributed by atoms with Gasteiger partial charge in [0.2, 0.25) is 0 Å². The Hall–Kier alpha value is -0.820. The summed E-state index contributed by atoms with van der Waals surface area (Å²) in [5, 5.41) is 9.33. The van der Waals surface area contributed by atoms with Gasteiger partial charge in [-0.1, -0.05) is 25.1 Å². The average Bonchev–Trinajstić information content (AvgIpc) is 2.85. The summed E-state index contributed by atoms with van der Waals surface area (Å²) in [6, 6.07) is 6.40. The van der Waals surface area contributed by atoms with Crippen molar-refractivity contribution in [1.82, 2.24) is 0 Å². The van der Waals surface area contributed by atoms with Gasteiger partial charge in [-0.05, 0) is 60.1 Å². The maximum atomic E-state index is 9.33. The highest BCUT2D eigenvalue weighted by Gasteiger charge is 2.40. The minimum Gasteiger partial charge on any atom is -0.392 e. The van der Waals surface area contributed by atoms with E-state index in [1.807, 2.05) is 0 Å². The van der Waals surface area contributed by atoms with E-state index < -0.39 is 0 Å². The maximum absolute atomic E-state index is 9.33. The SMILES string of the molecule is CC1(CC2Cc3cccc(CO)c3C2)CC1. The Morgan fingerprint density at radius 1 is 1.31 bits per heavy atom. The molecule has 1 atom stereocenters. The van der Waals surface area contributed by atoms with E-state index in [4.69, 9.17) is 0 Å². The Balaban J connectivity index is 1.78. The van der Waals surface area contributed by atoms with Crippen LogP contribution in [0.2, 0.25) is 0 Å². The molecule has 2 aliphatic rings. The van der Waals surface area contributed by atoms with Gasteiger partial charge in [-0.15, -0.1) is 0 Å². The lowest BCUT2D eigenvalue weighted by molar-refractivity contribution is 0.280. The molecule has 0 spiro atoms. The van der Waals surface area contributed by atoms with Crippen LogP contribution in [0.3, 0.4) is 0 Å². The molecule has 1 aromatic rings. The number of fused-ring (bicyclic) bond motifs is 1. The van der Waals surface area contributed by atoms with E-state index in [0.29, 0.717) is 5.41 Å². The molecular formula is C15H20O. The van der Waals surface area contributed by atoms with Crippen molar-refractivity contribution in [3.63, 3.8) is 0 Å². The van der Waals surface area contributed by atoms with Gasteiger partial charge in [-0.3, -0.25) is 0 Å². The van der Waals surface area contributed by atoms with Gasteiger partial charge < -0.3 is 5.11 Å². The zero-order chi connectivity index (χ0) is 11.2. The molecule has 0 heterocycles. The average molecular weight is 216 g/mol. The molecule has 1 nitrogen and oxygen atoms in total. The third-order valence-electron chi connectivity index (χ3n) is 4.43. The van der Waals surface area contributed by atoms with Crippen LogP contribution >= 0.6 is 0 Å². The van der Waals surface area contributed by atoms with Gasteiger partial charge in [0.1, 0.15) is 0 Å². The second-order valence-electron chi connectivity index (χ2n) is 6.00. The zero-order valence-corrected chi connectivity index (χ0v) is 10.00. The molecule has 1 unspecified atom stereocenters. The van der Waals surface area contributed by atoms with E-state index in [-0.39, 0.29) is 6.61 Å². The number of aliphatic hydroxyl groups excluding tert-OH is 1. The third-order valence-corrected chi connectivity index (χ3v) is 4.43. The summed E-state index contributed by atoms with van der Waals surface area (Å²) in [5.74, 6) is 0.829. The fourth-order valence-electron chi connectivity index (χ4n) is 3.22. The van der Waals surface area contributed by atoms with Gasteiger partial charge in [-0.2, -0.15) is 0 Å². The van der Waals surface area contributed by atoms with Crippen LogP contribution in [-0.4, -0.2) is 5.11 Å². The van der Waals surface area contributed by atoms with Crippen molar-refractivity contribution < 1.29 is 5.11 Å². The number of hydrogen-bond donors (Lipinski definition) is 1. The van der Waals surface area contributed by atoms with E-state index in [0.717, 1.165) is 11.5 Å². The van der Waals surface area contributed by atoms with Crippen molar-refractivity contribution in [2.75, 3.05) is 0 Å². The smallest absolute Gasteiger partial charge is 0.0684 e. The molecule has 0 bridgehead atoms. The highest BCUT2D eigenvalue weighted by Crippen LogP contribution is 2.51. The molecule has 0 aliphatic heterocycles. The van der Waals surface area contributed by atoms with Crippen LogP contribution in [0.1, 0.15) is 42.9 Å². The minimum atomic E-state index is 0.202. The quantitative estimate of drug-likeness (QED) is 0.823. The second-order valence-corrected chi connectivity index (χ2v) is 6.00. The molecule has 0 radical (unpaired) electrons. The van der Waals surface area contributed by atoms with Crippen LogP contribution in [0, 0.1) is 11.3 Å². The Kier molecular flexibility index (Phi) is 2.32. The molecule has 2 aliphatic carbocycles. The minimum absolute atomic E-state index is 0.202. The molecule has 1 fully saturated rings. The monoisotopic (exact) mass is 216 g/mol. The highest BCUT2D eigenvalue weighted by molar-refractivity contribution is 5.39. The first-order chi connectivity index (χ1) is 7.70. The van der Waals surface area contributed by atoms with Crippen LogP contribution in [0.5, 0.6) is 0 Å². The fraction of sp³-hybridized carbons (Fsp3) is 0.600. The van der Waals surface area contributed by atoms with Gasteiger partial charge in [-0.25, -0.2) is 0 Å². The number of benzene rings is 1. The summed E-state index contributed by atoms with van der Waals surface area (Å²) in [5.41, 5.74) is 4.74. The first-order valence-corrected chi connectivity index (χ1v) is 6.41. The van der Waals surface area contributed by atoms with Crippen LogP contribution < -0.4 is 0 Å². The first-order valence-electron chi connectivity index (χ1n) is 6.41. The number of hydrogen-bond acceptors (Lipinski definition) is 1. The summed E-state index contributed by atoms with van der Waals surface area (Å²) >= 11 is 0. The van der Waals surface area contributed by atoms with Crippen LogP contribution in [0.4, 0.5) is 0 Å². The van der Waals surface area contributed by atoms with Crippen molar-refractivity contribution in [2.45, 2.75) is 45.6 Å². The molecule has 16 heavy (non-hydrogen) atoms. The molecule has 1 saturated carbocycles. The van der Waals surface area contributed by atoms with E-state index in [2.05, 4.69) is 25.1 Å². The van der Waals surface area contributed by atoms with E-state index in [1.54, 1.807) is 0 Å². The first kappa shape index (κ1) is 10.3. The topological polar surface area (TPSA) is 20.2 Å². The summed E-state index contributed by atoms with van der Waals surface area (Å²) in [6.07, 6.45) is 6.66. The maximum Gasteiger partial charge on any atom is 0.0684 e. The van der Waals surface area contributed by atoms with Gasteiger partial charge >= 0.3 is 0 Å². The number of rotatable bonds is 3. The second kappa shape index (κ2) is 3.59. The largest absolute Gasteiger partial charge is 0.392 e. The molecular weight excluding hydrogens is 196 g/mol. The lowest BCUT2D eigenvalue weighted by atomic mass is 9.91. The normalized spacial score (nSPS) is 25.5. The fourth-order valence-corrected chi connectivity index (χ4v) is 3.22. The van der Waals surface area contributed by atoms with Crippen molar-refractivity contribution >= 4 is 0 Å². The Bertz CT molecular complexity index is 404.